The van der Waals surface area contributed by atoms with E-state index in [0.717, 1.165) is 41.9 Å². The first-order valence-electron chi connectivity index (χ1n) is 12.3. The molecule has 4 nitrogen and oxygen atoms in total. The van der Waals surface area contributed by atoms with Crippen LogP contribution in [0.4, 0.5) is 0 Å². The molecule has 0 aromatic heterocycles. The molecule has 2 aromatic rings. The SMILES string of the molecule is CCC(C(=O)NC1CCCCC1)N(Cc1ccc(Cl)cc1Cl)C(=O)CCCSc1ccc(Cl)cc1. The minimum Gasteiger partial charge on any atom is -0.352 e. The molecule has 1 saturated carbocycles. The normalized spacial score (nSPS) is 15.0. The molecular formula is C27H33Cl3N2O2S. The van der Waals surface area contributed by atoms with Gasteiger partial charge in [0.05, 0.1) is 0 Å². The van der Waals surface area contributed by atoms with Crippen LogP contribution in [0.3, 0.4) is 0 Å². The number of amides is 2. The number of carbonyl (C=O) groups is 2. The van der Waals surface area contributed by atoms with Gasteiger partial charge in [0.2, 0.25) is 11.8 Å². The number of thioether (sulfide) groups is 1. The first-order valence-corrected chi connectivity index (χ1v) is 14.4. The molecule has 1 N–H and O–H groups in total. The van der Waals surface area contributed by atoms with Crippen molar-refractivity contribution in [1.82, 2.24) is 10.2 Å². The summed E-state index contributed by atoms with van der Waals surface area (Å²) >= 11 is 20.1. The number of halogens is 3. The van der Waals surface area contributed by atoms with E-state index in [1.54, 1.807) is 28.8 Å². The number of nitrogens with zero attached hydrogens (tertiary/aromatic N) is 1. The van der Waals surface area contributed by atoms with Crippen LogP contribution in [0.5, 0.6) is 0 Å². The van der Waals surface area contributed by atoms with Crippen LogP contribution in [-0.2, 0) is 16.1 Å². The Hall–Kier alpha value is -1.40. The van der Waals surface area contributed by atoms with Gasteiger partial charge in [-0.3, -0.25) is 9.59 Å². The molecule has 0 heterocycles. The van der Waals surface area contributed by atoms with Crippen molar-refractivity contribution in [3.63, 3.8) is 0 Å². The maximum atomic E-state index is 13.4. The quantitative estimate of drug-likeness (QED) is 0.227. The monoisotopic (exact) mass is 554 g/mol. The van der Waals surface area contributed by atoms with E-state index in [-0.39, 0.29) is 24.4 Å². The van der Waals surface area contributed by atoms with Gasteiger partial charge in [-0.15, -0.1) is 11.8 Å². The van der Waals surface area contributed by atoms with E-state index in [1.165, 1.54) is 6.42 Å². The van der Waals surface area contributed by atoms with E-state index >= 15 is 0 Å². The molecule has 0 saturated heterocycles. The summed E-state index contributed by atoms with van der Waals surface area (Å²) < 4.78 is 0. The Morgan fingerprint density at radius 2 is 1.71 bits per heavy atom. The van der Waals surface area contributed by atoms with Crippen molar-refractivity contribution in [2.24, 2.45) is 0 Å². The van der Waals surface area contributed by atoms with Crippen LogP contribution < -0.4 is 5.32 Å². The molecule has 0 radical (unpaired) electrons. The molecular weight excluding hydrogens is 523 g/mol. The van der Waals surface area contributed by atoms with Crippen molar-refractivity contribution >= 4 is 58.4 Å². The predicted molar refractivity (Wildman–Crippen MR) is 148 cm³/mol. The highest BCUT2D eigenvalue weighted by atomic mass is 35.5. The number of carbonyl (C=O) groups excluding carboxylic acids is 2. The van der Waals surface area contributed by atoms with E-state index in [9.17, 15) is 9.59 Å². The van der Waals surface area contributed by atoms with Crippen LogP contribution in [0.25, 0.3) is 0 Å². The summed E-state index contributed by atoms with van der Waals surface area (Å²) in [7, 11) is 0. The molecule has 1 fully saturated rings. The zero-order valence-corrected chi connectivity index (χ0v) is 23.2. The molecule has 2 aromatic carbocycles. The Balaban J connectivity index is 1.67. The van der Waals surface area contributed by atoms with Crippen molar-refractivity contribution in [3.05, 3.63) is 63.1 Å². The summed E-state index contributed by atoms with van der Waals surface area (Å²) in [5.74, 6) is 0.681. The Kier molecular flexibility index (Phi) is 11.6. The molecule has 35 heavy (non-hydrogen) atoms. The van der Waals surface area contributed by atoms with Crippen LogP contribution in [0.1, 0.15) is 63.9 Å². The average Bonchev–Trinajstić information content (AvgIpc) is 2.84. The maximum Gasteiger partial charge on any atom is 0.243 e. The first kappa shape index (κ1) is 28.2. The van der Waals surface area contributed by atoms with Gasteiger partial charge in [0.25, 0.3) is 0 Å². The second kappa shape index (κ2) is 14.4. The van der Waals surface area contributed by atoms with Gasteiger partial charge >= 0.3 is 0 Å². The smallest absolute Gasteiger partial charge is 0.243 e. The lowest BCUT2D eigenvalue weighted by molar-refractivity contribution is -0.141. The molecule has 1 aliphatic rings. The summed E-state index contributed by atoms with van der Waals surface area (Å²) in [4.78, 5) is 29.5. The van der Waals surface area contributed by atoms with Gasteiger partial charge in [-0.1, -0.05) is 67.1 Å². The molecule has 1 aliphatic carbocycles. The third-order valence-electron chi connectivity index (χ3n) is 6.31. The van der Waals surface area contributed by atoms with Crippen molar-refractivity contribution in [1.29, 1.82) is 0 Å². The number of hydrogen-bond donors (Lipinski definition) is 1. The molecule has 0 aliphatic heterocycles. The number of nitrogens with one attached hydrogen (secondary N) is 1. The van der Waals surface area contributed by atoms with Gasteiger partial charge < -0.3 is 10.2 Å². The number of benzene rings is 2. The first-order chi connectivity index (χ1) is 16.9. The molecule has 3 rings (SSSR count). The van der Waals surface area contributed by atoms with Gasteiger partial charge in [0.15, 0.2) is 0 Å². The Morgan fingerprint density at radius 1 is 1.03 bits per heavy atom. The summed E-state index contributed by atoms with van der Waals surface area (Å²) in [6.07, 6.45) is 7.09. The lowest BCUT2D eigenvalue weighted by atomic mass is 9.95. The minimum absolute atomic E-state index is 0.0432. The number of rotatable bonds is 11. The molecule has 0 bridgehead atoms. The van der Waals surface area contributed by atoms with E-state index in [4.69, 9.17) is 34.8 Å². The predicted octanol–water partition coefficient (Wildman–Crippen LogP) is 7.78. The second-order valence-electron chi connectivity index (χ2n) is 8.93. The van der Waals surface area contributed by atoms with Crippen LogP contribution in [0.2, 0.25) is 15.1 Å². The second-order valence-corrected chi connectivity index (χ2v) is 11.4. The highest BCUT2D eigenvalue weighted by molar-refractivity contribution is 7.99. The van der Waals surface area contributed by atoms with Gasteiger partial charge in [0.1, 0.15) is 6.04 Å². The zero-order valence-electron chi connectivity index (χ0n) is 20.1. The van der Waals surface area contributed by atoms with Crippen molar-refractivity contribution in [2.45, 2.75) is 81.8 Å². The van der Waals surface area contributed by atoms with Crippen LogP contribution in [0.15, 0.2) is 47.4 Å². The van der Waals surface area contributed by atoms with Crippen molar-refractivity contribution in [3.8, 4) is 0 Å². The molecule has 1 atom stereocenters. The highest BCUT2D eigenvalue weighted by Gasteiger charge is 2.30. The standard InChI is InChI=1S/C27H33Cl3N2O2S/c1-2-25(27(34)31-22-7-4-3-5-8-22)32(18-19-10-11-21(29)17-24(19)30)26(33)9-6-16-35-23-14-12-20(28)13-15-23/h10-15,17,22,25H,2-9,16,18H2,1H3,(H,31,34). The van der Waals surface area contributed by atoms with E-state index < -0.39 is 6.04 Å². The summed E-state index contributed by atoms with van der Waals surface area (Å²) in [5, 5.41) is 4.95. The summed E-state index contributed by atoms with van der Waals surface area (Å²) in [6, 6.07) is 12.6. The molecule has 2 amide bonds. The third-order valence-corrected chi connectivity index (χ3v) is 8.25. The van der Waals surface area contributed by atoms with E-state index in [2.05, 4.69) is 5.32 Å². The lowest BCUT2D eigenvalue weighted by Crippen LogP contribution is -2.51. The third kappa shape index (κ3) is 8.89. The van der Waals surface area contributed by atoms with Crippen LogP contribution >= 0.6 is 46.6 Å². The minimum atomic E-state index is -0.542. The molecule has 1 unspecified atom stereocenters. The average molecular weight is 556 g/mol. The summed E-state index contributed by atoms with van der Waals surface area (Å²) in [5.41, 5.74) is 0.781. The topological polar surface area (TPSA) is 49.4 Å². The summed E-state index contributed by atoms with van der Waals surface area (Å²) in [6.45, 7) is 2.22. The van der Waals surface area contributed by atoms with Gasteiger partial charge in [-0.2, -0.15) is 0 Å². The largest absolute Gasteiger partial charge is 0.352 e. The number of hydrogen-bond acceptors (Lipinski definition) is 3. The Morgan fingerprint density at radius 3 is 2.37 bits per heavy atom. The lowest BCUT2D eigenvalue weighted by Gasteiger charge is -2.33. The Labute approximate surface area is 228 Å². The van der Waals surface area contributed by atoms with Crippen LogP contribution in [0, 0.1) is 0 Å². The van der Waals surface area contributed by atoms with Gasteiger partial charge in [0, 0.05) is 39.0 Å². The highest BCUT2D eigenvalue weighted by Crippen LogP contribution is 2.26. The molecule has 0 spiro atoms. The zero-order chi connectivity index (χ0) is 25.2. The van der Waals surface area contributed by atoms with Crippen molar-refractivity contribution < 1.29 is 9.59 Å². The van der Waals surface area contributed by atoms with Crippen molar-refractivity contribution in [2.75, 3.05) is 5.75 Å². The van der Waals surface area contributed by atoms with Gasteiger partial charge in [-0.05, 0) is 73.4 Å². The van der Waals surface area contributed by atoms with E-state index in [0.29, 0.717) is 34.3 Å². The molecule has 8 heteroatoms. The fraction of sp³-hybridized carbons (Fsp3) is 0.481. The van der Waals surface area contributed by atoms with E-state index in [1.807, 2.05) is 37.3 Å². The van der Waals surface area contributed by atoms with Crippen LogP contribution in [-0.4, -0.2) is 34.6 Å². The molecule has 190 valence electrons. The fourth-order valence-electron chi connectivity index (χ4n) is 4.39. The maximum absolute atomic E-state index is 13.4. The van der Waals surface area contributed by atoms with Gasteiger partial charge in [-0.25, -0.2) is 0 Å². The fourth-order valence-corrected chi connectivity index (χ4v) is 5.83. The Bertz CT molecular complexity index is 981.